The van der Waals surface area contributed by atoms with E-state index >= 15 is 0 Å². The summed E-state index contributed by atoms with van der Waals surface area (Å²) in [6.45, 7) is 2.21. The number of para-hydroxylation sites is 1. The normalized spacial score (nSPS) is 17.6. The maximum atomic E-state index is 8.99. The van der Waals surface area contributed by atoms with Crippen molar-refractivity contribution >= 4 is 5.69 Å². The summed E-state index contributed by atoms with van der Waals surface area (Å²) in [4.78, 5) is 0. The van der Waals surface area contributed by atoms with E-state index in [4.69, 9.17) is 5.26 Å². The molecule has 2 nitrogen and oxygen atoms in total. The largest absolute Gasteiger partial charge is 0.379 e. The van der Waals surface area contributed by atoms with Gasteiger partial charge >= 0.3 is 0 Å². The van der Waals surface area contributed by atoms with Crippen LogP contribution in [-0.4, -0.2) is 5.54 Å². The molecule has 15 heavy (non-hydrogen) atoms. The Bertz CT molecular complexity index is 380. The molecular formula is C13H16N2. The van der Waals surface area contributed by atoms with E-state index in [2.05, 4.69) is 18.3 Å². The van der Waals surface area contributed by atoms with Gasteiger partial charge in [0.05, 0.1) is 11.3 Å². The van der Waals surface area contributed by atoms with Crippen molar-refractivity contribution in [2.24, 2.45) is 0 Å². The molecule has 0 aliphatic heterocycles. The van der Waals surface area contributed by atoms with Crippen molar-refractivity contribution in [3.05, 3.63) is 29.8 Å². The van der Waals surface area contributed by atoms with Gasteiger partial charge in [0.25, 0.3) is 0 Å². The van der Waals surface area contributed by atoms with Crippen LogP contribution in [0.3, 0.4) is 0 Å². The second kappa shape index (κ2) is 3.94. The minimum atomic E-state index is 0.257. The topological polar surface area (TPSA) is 35.8 Å². The average molecular weight is 200 g/mol. The summed E-state index contributed by atoms with van der Waals surface area (Å²) in [6.07, 6.45) is 4.88. The van der Waals surface area contributed by atoms with Crippen LogP contribution in [-0.2, 0) is 0 Å². The molecule has 1 saturated carbocycles. The highest BCUT2D eigenvalue weighted by molar-refractivity contribution is 5.58. The van der Waals surface area contributed by atoms with Crippen molar-refractivity contribution in [2.45, 2.75) is 38.1 Å². The number of benzene rings is 1. The summed E-state index contributed by atoms with van der Waals surface area (Å²) in [5.41, 5.74) is 1.99. The van der Waals surface area contributed by atoms with E-state index in [1.54, 1.807) is 0 Å². The molecule has 1 aliphatic rings. The van der Waals surface area contributed by atoms with Crippen LogP contribution in [0.2, 0.25) is 0 Å². The van der Waals surface area contributed by atoms with Crippen LogP contribution in [0.1, 0.15) is 38.2 Å². The van der Waals surface area contributed by atoms with Gasteiger partial charge in [-0.15, -0.1) is 0 Å². The predicted molar refractivity (Wildman–Crippen MR) is 61.7 cm³/mol. The Hall–Kier alpha value is -1.49. The van der Waals surface area contributed by atoms with E-state index in [-0.39, 0.29) is 5.54 Å². The number of rotatable bonds is 3. The zero-order valence-electron chi connectivity index (χ0n) is 9.09. The number of hydrogen-bond acceptors (Lipinski definition) is 2. The Morgan fingerprint density at radius 1 is 1.40 bits per heavy atom. The van der Waals surface area contributed by atoms with Gasteiger partial charge in [-0.05, 0) is 37.8 Å². The Morgan fingerprint density at radius 2 is 2.13 bits per heavy atom. The summed E-state index contributed by atoms with van der Waals surface area (Å²) in [5, 5.41) is 12.5. The van der Waals surface area contributed by atoms with Crippen molar-refractivity contribution in [2.75, 3.05) is 5.32 Å². The standard InChI is InChI=1S/C13H16N2/c1-2-13(8-5-9-13)15-12-7-4-3-6-11(12)10-14/h3-4,6-7,15H,2,5,8-9H2,1H3. The van der Waals surface area contributed by atoms with E-state index < -0.39 is 0 Å². The van der Waals surface area contributed by atoms with Gasteiger partial charge in [0.2, 0.25) is 0 Å². The first-order valence-electron chi connectivity index (χ1n) is 5.57. The Labute approximate surface area is 90.9 Å². The monoisotopic (exact) mass is 200 g/mol. The van der Waals surface area contributed by atoms with Crippen molar-refractivity contribution in [3.63, 3.8) is 0 Å². The zero-order chi connectivity index (χ0) is 10.7. The third-order valence-electron chi connectivity index (χ3n) is 3.43. The van der Waals surface area contributed by atoms with Crippen molar-refractivity contribution in [1.82, 2.24) is 0 Å². The third kappa shape index (κ3) is 1.83. The molecule has 0 amide bonds. The highest BCUT2D eigenvalue weighted by atomic mass is 15.0. The van der Waals surface area contributed by atoms with Gasteiger partial charge in [-0.25, -0.2) is 0 Å². The molecule has 1 aliphatic carbocycles. The molecule has 2 heteroatoms. The van der Waals surface area contributed by atoms with Gasteiger partial charge in [0, 0.05) is 5.54 Å². The van der Waals surface area contributed by atoms with Crippen molar-refractivity contribution in [1.29, 1.82) is 5.26 Å². The second-order valence-corrected chi connectivity index (χ2v) is 4.27. The highest BCUT2D eigenvalue weighted by Crippen LogP contribution is 2.38. The Balaban J connectivity index is 2.20. The van der Waals surface area contributed by atoms with Crippen LogP contribution in [0.4, 0.5) is 5.69 Å². The number of nitrogens with zero attached hydrogens (tertiary/aromatic N) is 1. The van der Waals surface area contributed by atoms with Crippen LogP contribution in [0, 0.1) is 11.3 Å². The lowest BCUT2D eigenvalue weighted by atomic mass is 9.74. The van der Waals surface area contributed by atoms with Gasteiger partial charge in [-0.3, -0.25) is 0 Å². The van der Waals surface area contributed by atoms with Gasteiger partial charge in [0.1, 0.15) is 6.07 Å². The van der Waals surface area contributed by atoms with E-state index in [1.165, 1.54) is 19.3 Å². The molecule has 1 fully saturated rings. The van der Waals surface area contributed by atoms with Crippen molar-refractivity contribution in [3.8, 4) is 6.07 Å². The minimum Gasteiger partial charge on any atom is -0.379 e. The van der Waals surface area contributed by atoms with Crippen molar-refractivity contribution < 1.29 is 0 Å². The molecule has 0 bridgehead atoms. The maximum Gasteiger partial charge on any atom is 0.101 e. The van der Waals surface area contributed by atoms with E-state index in [0.717, 1.165) is 17.7 Å². The number of nitriles is 1. The van der Waals surface area contributed by atoms with E-state index in [9.17, 15) is 0 Å². The second-order valence-electron chi connectivity index (χ2n) is 4.27. The minimum absolute atomic E-state index is 0.257. The predicted octanol–water partition coefficient (Wildman–Crippen LogP) is 3.30. The van der Waals surface area contributed by atoms with Gasteiger partial charge in [-0.1, -0.05) is 19.1 Å². The fourth-order valence-electron chi connectivity index (χ4n) is 2.15. The van der Waals surface area contributed by atoms with Crippen LogP contribution >= 0.6 is 0 Å². The summed E-state index contributed by atoms with van der Waals surface area (Å²) >= 11 is 0. The maximum absolute atomic E-state index is 8.99. The molecule has 0 radical (unpaired) electrons. The number of anilines is 1. The van der Waals surface area contributed by atoms with Gasteiger partial charge in [0.15, 0.2) is 0 Å². The highest BCUT2D eigenvalue weighted by Gasteiger charge is 2.35. The molecule has 1 N–H and O–H groups in total. The molecule has 0 aromatic heterocycles. The molecule has 0 atom stereocenters. The van der Waals surface area contributed by atoms with Gasteiger partial charge < -0.3 is 5.32 Å². The van der Waals surface area contributed by atoms with Crippen LogP contribution in [0.5, 0.6) is 0 Å². The summed E-state index contributed by atoms with van der Waals surface area (Å²) in [7, 11) is 0. The third-order valence-corrected chi connectivity index (χ3v) is 3.43. The van der Waals surface area contributed by atoms with Crippen LogP contribution in [0.15, 0.2) is 24.3 Å². The molecule has 1 aromatic rings. The lowest BCUT2D eigenvalue weighted by Crippen LogP contribution is -2.44. The number of hydrogen-bond donors (Lipinski definition) is 1. The zero-order valence-corrected chi connectivity index (χ0v) is 9.09. The summed E-state index contributed by atoms with van der Waals surface area (Å²) < 4.78 is 0. The first kappa shape index (κ1) is 10.0. The molecule has 0 saturated heterocycles. The fourth-order valence-corrected chi connectivity index (χ4v) is 2.15. The molecule has 78 valence electrons. The molecule has 0 spiro atoms. The number of nitrogens with one attached hydrogen (secondary N) is 1. The molecular weight excluding hydrogens is 184 g/mol. The van der Waals surface area contributed by atoms with E-state index in [0.29, 0.717) is 0 Å². The summed E-state index contributed by atoms with van der Waals surface area (Å²) in [6, 6.07) is 9.97. The fraction of sp³-hybridized carbons (Fsp3) is 0.462. The lowest BCUT2D eigenvalue weighted by molar-refractivity contribution is 0.269. The van der Waals surface area contributed by atoms with Crippen LogP contribution < -0.4 is 5.32 Å². The smallest absolute Gasteiger partial charge is 0.101 e. The molecule has 0 unspecified atom stereocenters. The quantitative estimate of drug-likeness (QED) is 0.812. The first-order chi connectivity index (χ1) is 7.29. The summed E-state index contributed by atoms with van der Waals surface area (Å²) in [5.74, 6) is 0. The molecule has 0 heterocycles. The molecule has 1 aromatic carbocycles. The van der Waals surface area contributed by atoms with Gasteiger partial charge in [-0.2, -0.15) is 5.26 Å². The first-order valence-corrected chi connectivity index (χ1v) is 5.57. The Kier molecular flexibility index (Phi) is 2.64. The average Bonchev–Trinajstić information content (AvgIpc) is 2.24. The SMILES string of the molecule is CCC1(Nc2ccccc2C#N)CCC1. The lowest BCUT2D eigenvalue weighted by Gasteiger charge is -2.43. The van der Waals surface area contributed by atoms with E-state index in [1.807, 2.05) is 24.3 Å². The Morgan fingerprint density at radius 3 is 2.67 bits per heavy atom. The molecule has 2 rings (SSSR count). The van der Waals surface area contributed by atoms with Crippen LogP contribution in [0.25, 0.3) is 0 Å².